The molecule has 5 nitrogen and oxygen atoms in total. The first-order valence-corrected chi connectivity index (χ1v) is 6.56. The van der Waals surface area contributed by atoms with E-state index in [1.165, 1.54) is 4.90 Å². The zero-order chi connectivity index (χ0) is 15.1. The third-order valence-corrected chi connectivity index (χ3v) is 3.00. The summed E-state index contributed by atoms with van der Waals surface area (Å²) in [6.07, 6.45) is 0.198. The molecule has 0 aliphatic rings. The molecule has 0 unspecified atom stereocenters. The van der Waals surface area contributed by atoms with Gasteiger partial charge in [0.15, 0.2) is 0 Å². The van der Waals surface area contributed by atoms with Gasteiger partial charge in [-0.3, -0.25) is 9.59 Å². The van der Waals surface area contributed by atoms with Crippen molar-refractivity contribution >= 4 is 11.9 Å². The van der Waals surface area contributed by atoms with Gasteiger partial charge in [-0.15, -0.1) is 0 Å². The van der Waals surface area contributed by atoms with E-state index in [2.05, 4.69) is 0 Å². The molecule has 0 aliphatic heterocycles. The quantitative estimate of drug-likeness (QED) is 0.829. The maximum atomic E-state index is 11.8. The summed E-state index contributed by atoms with van der Waals surface area (Å²) in [7, 11) is 1.60. The van der Waals surface area contributed by atoms with Crippen molar-refractivity contribution in [2.75, 3.05) is 20.2 Å². The number of carboxylic acids is 1. The van der Waals surface area contributed by atoms with E-state index < -0.39 is 5.97 Å². The number of carbonyl (C=O) groups excluding carboxylic acids is 1. The van der Waals surface area contributed by atoms with Crippen molar-refractivity contribution in [3.63, 3.8) is 0 Å². The second kappa shape index (κ2) is 7.53. The van der Waals surface area contributed by atoms with Gasteiger partial charge in [-0.25, -0.2) is 0 Å². The number of benzene rings is 1. The Labute approximate surface area is 119 Å². The van der Waals surface area contributed by atoms with Crippen LogP contribution in [0.3, 0.4) is 0 Å². The van der Waals surface area contributed by atoms with Crippen molar-refractivity contribution in [2.45, 2.75) is 26.7 Å². The molecule has 5 heteroatoms. The van der Waals surface area contributed by atoms with Crippen LogP contribution < -0.4 is 4.74 Å². The van der Waals surface area contributed by atoms with Gasteiger partial charge in [0, 0.05) is 13.6 Å². The molecule has 0 aliphatic carbocycles. The smallest absolute Gasteiger partial charge is 0.305 e. The Hall–Kier alpha value is -2.04. The van der Waals surface area contributed by atoms with Gasteiger partial charge in [0.25, 0.3) is 0 Å². The molecule has 1 amide bonds. The number of carbonyl (C=O) groups is 2. The highest BCUT2D eigenvalue weighted by Gasteiger charge is 2.10. The van der Waals surface area contributed by atoms with Crippen LogP contribution in [0.15, 0.2) is 18.2 Å². The summed E-state index contributed by atoms with van der Waals surface area (Å²) in [5.74, 6) is -0.237. The van der Waals surface area contributed by atoms with Crippen LogP contribution >= 0.6 is 0 Å². The summed E-state index contributed by atoms with van der Waals surface area (Å²) in [6, 6.07) is 5.92. The average molecular weight is 279 g/mol. The molecule has 0 saturated carbocycles. The number of aliphatic carboxylic acids is 1. The minimum Gasteiger partial charge on any atom is -0.493 e. The van der Waals surface area contributed by atoms with Gasteiger partial charge in [0.05, 0.1) is 19.4 Å². The normalized spacial score (nSPS) is 10.2. The average Bonchev–Trinajstić information content (AvgIpc) is 2.39. The Bertz CT molecular complexity index is 485. The van der Waals surface area contributed by atoms with Crippen molar-refractivity contribution in [1.82, 2.24) is 4.90 Å². The Morgan fingerprint density at radius 2 is 1.95 bits per heavy atom. The van der Waals surface area contributed by atoms with E-state index in [0.29, 0.717) is 6.61 Å². The lowest BCUT2D eigenvalue weighted by molar-refractivity contribution is -0.138. The molecule has 0 atom stereocenters. The van der Waals surface area contributed by atoms with E-state index in [1.54, 1.807) is 7.05 Å². The van der Waals surface area contributed by atoms with Crippen LogP contribution in [0.2, 0.25) is 0 Å². The monoisotopic (exact) mass is 279 g/mol. The van der Waals surface area contributed by atoms with Gasteiger partial charge in [0.1, 0.15) is 5.75 Å². The van der Waals surface area contributed by atoms with Crippen LogP contribution in [-0.2, 0) is 9.59 Å². The zero-order valence-corrected chi connectivity index (χ0v) is 12.2. The van der Waals surface area contributed by atoms with Crippen molar-refractivity contribution in [3.05, 3.63) is 29.3 Å². The summed E-state index contributed by atoms with van der Waals surface area (Å²) in [5, 5.41) is 8.56. The molecule has 0 saturated heterocycles. The molecule has 0 heterocycles. The van der Waals surface area contributed by atoms with E-state index in [4.69, 9.17) is 9.84 Å². The lowest BCUT2D eigenvalue weighted by Gasteiger charge is -2.16. The molecular formula is C15H21NO4. The maximum absolute atomic E-state index is 11.8. The fraction of sp³-hybridized carbons (Fsp3) is 0.467. The number of amides is 1. The van der Waals surface area contributed by atoms with Crippen LogP contribution in [-0.4, -0.2) is 42.1 Å². The summed E-state index contributed by atoms with van der Waals surface area (Å²) < 4.78 is 5.60. The first-order chi connectivity index (χ1) is 9.40. The summed E-state index contributed by atoms with van der Waals surface area (Å²) in [4.78, 5) is 23.6. The zero-order valence-electron chi connectivity index (χ0n) is 12.2. The van der Waals surface area contributed by atoms with Crippen molar-refractivity contribution in [3.8, 4) is 5.75 Å². The Kier molecular flexibility index (Phi) is 6.03. The standard InChI is InChI=1S/C15H21NO4/c1-11-4-5-12(2)13(10-11)20-9-7-14(17)16(3)8-6-15(18)19/h4-5,10H,6-9H2,1-3H3,(H,18,19). The molecule has 0 fully saturated rings. The predicted octanol–water partition coefficient (Wildman–Crippen LogP) is 2.01. The third-order valence-electron chi connectivity index (χ3n) is 3.00. The second-order valence-electron chi connectivity index (χ2n) is 4.83. The molecule has 0 aromatic heterocycles. The van der Waals surface area contributed by atoms with E-state index in [9.17, 15) is 9.59 Å². The predicted molar refractivity (Wildman–Crippen MR) is 75.9 cm³/mol. The Balaban J connectivity index is 2.38. The Morgan fingerprint density at radius 1 is 1.25 bits per heavy atom. The largest absolute Gasteiger partial charge is 0.493 e. The number of hydrogen-bond acceptors (Lipinski definition) is 3. The lowest BCUT2D eigenvalue weighted by Crippen LogP contribution is -2.30. The molecule has 110 valence electrons. The number of nitrogens with zero attached hydrogens (tertiary/aromatic N) is 1. The second-order valence-corrected chi connectivity index (χ2v) is 4.83. The number of aryl methyl sites for hydroxylation is 2. The van der Waals surface area contributed by atoms with Crippen LogP contribution in [0.1, 0.15) is 24.0 Å². The fourth-order valence-corrected chi connectivity index (χ4v) is 1.69. The summed E-state index contributed by atoms with van der Waals surface area (Å²) >= 11 is 0. The van der Waals surface area contributed by atoms with Crippen molar-refractivity contribution < 1.29 is 19.4 Å². The maximum Gasteiger partial charge on any atom is 0.305 e. The van der Waals surface area contributed by atoms with Crippen LogP contribution in [0.25, 0.3) is 0 Å². The van der Waals surface area contributed by atoms with E-state index in [0.717, 1.165) is 16.9 Å². The fourth-order valence-electron chi connectivity index (χ4n) is 1.69. The molecule has 0 bridgehead atoms. The first kappa shape index (κ1) is 16.0. The molecule has 1 N–H and O–H groups in total. The van der Waals surface area contributed by atoms with Crippen LogP contribution in [0, 0.1) is 13.8 Å². The SMILES string of the molecule is Cc1ccc(C)c(OCCC(=O)N(C)CCC(=O)O)c1. The van der Waals surface area contributed by atoms with Gasteiger partial charge in [-0.1, -0.05) is 12.1 Å². The van der Waals surface area contributed by atoms with Gasteiger partial charge >= 0.3 is 5.97 Å². The number of carboxylic acid groups (broad SMARTS) is 1. The van der Waals surface area contributed by atoms with Gasteiger partial charge in [-0.05, 0) is 31.0 Å². The number of rotatable bonds is 7. The number of ether oxygens (including phenoxy) is 1. The molecule has 0 radical (unpaired) electrons. The van der Waals surface area contributed by atoms with E-state index >= 15 is 0 Å². The highest BCUT2D eigenvalue weighted by atomic mass is 16.5. The van der Waals surface area contributed by atoms with Gasteiger partial charge in [-0.2, -0.15) is 0 Å². The van der Waals surface area contributed by atoms with Gasteiger partial charge in [0.2, 0.25) is 5.91 Å². The first-order valence-electron chi connectivity index (χ1n) is 6.56. The molecule has 0 spiro atoms. The van der Waals surface area contributed by atoms with Crippen LogP contribution in [0.4, 0.5) is 0 Å². The van der Waals surface area contributed by atoms with E-state index in [-0.39, 0.29) is 25.3 Å². The molecule has 1 aromatic rings. The highest BCUT2D eigenvalue weighted by molar-refractivity contribution is 5.76. The molecular weight excluding hydrogens is 258 g/mol. The minimum atomic E-state index is -0.906. The Morgan fingerprint density at radius 3 is 2.60 bits per heavy atom. The number of hydrogen-bond donors (Lipinski definition) is 1. The molecule has 1 aromatic carbocycles. The van der Waals surface area contributed by atoms with Crippen LogP contribution in [0.5, 0.6) is 5.75 Å². The minimum absolute atomic E-state index is 0.0416. The molecule has 1 rings (SSSR count). The highest BCUT2D eigenvalue weighted by Crippen LogP contribution is 2.19. The van der Waals surface area contributed by atoms with E-state index in [1.807, 2.05) is 32.0 Å². The summed E-state index contributed by atoms with van der Waals surface area (Å²) in [5.41, 5.74) is 2.14. The van der Waals surface area contributed by atoms with Crippen molar-refractivity contribution in [1.29, 1.82) is 0 Å². The lowest BCUT2D eigenvalue weighted by atomic mass is 10.1. The third kappa shape index (κ3) is 5.30. The molecule has 20 heavy (non-hydrogen) atoms. The van der Waals surface area contributed by atoms with Gasteiger partial charge < -0.3 is 14.7 Å². The summed E-state index contributed by atoms with van der Waals surface area (Å²) in [6.45, 7) is 4.45. The van der Waals surface area contributed by atoms with Crippen molar-refractivity contribution in [2.24, 2.45) is 0 Å². The topological polar surface area (TPSA) is 66.8 Å².